The Morgan fingerprint density at radius 3 is 2.81 bits per heavy atom. The molecular weight excluding hydrogens is 266 g/mol. The summed E-state index contributed by atoms with van der Waals surface area (Å²) in [4.78, 5) is 12.3. The minimum atomic E-state index is -0.640. The van der Waals surface area contributed by atoms with E-state index in [4.69, 9.17) is 0 Å². The van der Waals surface area contributed by atoms with Gasteiger partial charge in [0.25, 0.3) is 5.91 Å². The molecule has 0 spiro atoms. The van der Waals surface area contributed by atoms with Gasteiger partial charge in [-0.3, -0.25) is 4.79 Å². The van der Waals surface area contributed by atoms with E-state index in [0.717, 1.165) is 16.7 Å². The van der Waals surface area contributed by atoms with Crippen LogP contribution in [-0.2, 0) is 6.42 Å². The zero-order chi connectivity index (χ0) is 15.0. The molecular formula is C17H17NO3. The van der Waals surface area contributed by atoms with E-state index in [0.29, 0.717) is 6.42 Å². The fourth-order valence-corrected chi connectivity index (χ4v) is 2.80. The lowest BCUT2D eigenvalue weighted by Gasteiger charge is -2.18. The van der Waals surface area contributed by atoms with Crippen molar-refractivity contribution in [1.29, 1.82) is 0 Å². The molecule has 3 rings (SSSR count). The van der Waals surface area contributed by atoms with Gasteiger partial charge in [0.2, 0.25) is 0 Å². The summed E-state index contributed by atoms with van der Waals surface area (Å²) in [6, 6.07) is 12.1. The second-order valence-corrected chi connectivity index (χ2v) is 5.44. The number of phenols is 1. The SMILES string of the molecule is Cc1ccc(O)c(C(=O)N[C@H]2c3ccccc3C[C@H]2O)c1. The van der Waals surface area contributed by atoms with Gasteiger partial charge in [-0.05, 0) is 30.2 Å². The number of aromatic hydroxyl groups is 1. The molecule has 0 radical (unpaired) electrons. The molecule has 0 aromatic heterocycles. The molecule has 0 bridgehead atoms. The standard InChI is InChI=1S/C17H17NO3/c1-10-6-7-14(19)13(8-10)17(21)18-16-12-5-3-2-4-11(12)9-15(16)20/h2-8,15-16,19-20H,9H2,1H3,(H,18,21)/t15-,16+/m1/s1. The Balaban J connectivity index is 1.87. The zero-order valence-corrected chi connectivity index (χ0v) is 11.7. The quantitative estimate of drug-likeness (QED) is 0.790. The van der Waals surface area contributed by atoms with E-state index in [2.05, 4.69) is 5.32 Å². The fraction of sp³-hybridized carbons (Fsp3) is 0.235. The minimum Gasteiger partial charge on any atom is -0.507 e. The summed E-state index contributed by atoms with van der Waals surface area (Å²) in [7, 11) is 0. The van der Waals surface area contributed by atoms with E-state index >= 15 is 0 Å². The Kier molecular flexibility index (Phi) is 3.39. The highest BCUT2D eigenvalue weighted by Gasteiger charge is 2.32. The van der Waals surface area contributed by atoms with Gasteiger partial charge in [-0.1, -0.05) is 35.9 Å². The number of aliphatic hydroxyl groups excluding tert-OH is 1. The largest absolute Gasteiger partial charge is 0.507 e. The summed E-state index contributed by atoms with van der Waals surface area (Å²) in [6.07, 6.45) is -0.112. The highest BCUT2D eigenvalue weighted by Crippen LogP contribution is 2.32. The third-order valence-corrected chi connectivity index (χ3v) is 3.89. The number of benzene rings is 2. The van der Waals surface area contributed by atoms with Gasteiger partial charge < -0.3 is 15.5 Å². The first-order valence-corrected chi connectivity index (χ1v) is 6.92. The molecule has 4 nitrogen and oxygen atoms in total. The van der Waals surface area contributed by atoms with Gasteiger partial charge in [-0.25, -0.2) is 0 Å². The molecule has 1 aliphatic carbocycles. The van der Waals surface area contributed by atoms with Crippen LogP contribution in [0.4, 0.5) is 0 Å². The van der Waals surface area contributed by atoms with Gasteiger partial charge in [0, 0.05) is 6.42 Å². The summed E-state index contributed by atoms with van der Waals surface area (Å²) in [5.41, 5.74) is 3.10. The van der Waals surface area contributed by atoms with Crippen LogP contribution in [0.3, 0.4) is 0 Å². The average molecular weight is 283 g/mol. The number of phenolic OH excluding ortho intramolecular Hbond substituents is 1. The number of aryl methyl sites for hydroxylation is 1. The highest BCUT2D eigenvalue weighted by atomic mass is 16.3. The number of nitrogens with one attached hydrogen (secondary N) is 1. The Labute approximate surface area is 123 Å². The number of hydrogen-bond acceptors (Lipinski definition) is 3. The Bertz CT molecular complexity index is 696. The molecule has 0 saturated heterocycles. The van der Waals surface area contributed by atoms with E-state index in [1.807, 2.05) is 31.2 Å². The lowest BCUT2D eigenvalue weighted by Crippen LogP contribution is -2.33. The smallest absolute Gasteiger partial charge is 0.255 e. The van der Waals surface area contributed by atoms with Crippen molar-refractivity contribution in [1.82, 2.24) is 5.32 Å². The summed E-state index contributed by atoms with van der Waals surface area (Å²) >= 11 is 0. The van der Waals surface area contributed by atoms with Crippen molar-refractivity contribution >= 4 is 5.91 Å². The third-order valence-electron chi connectivity index (χ3n) is 3.89. The predicted octanol–water partition coefficient (Wildman–Crippen LogP) is 2.09. The molecule has 2 aromatic carbocycles. The Morgan fingerprint density at radius 2 is 2.00 bits per heavy atom. The average Bonchev–Trinajstić information content (AvgIpc) is 2.78. The molecule has 2 aromatic rings. The summed E-state index contributed by atoms with van der Waals surface area (Å²) in [5, 5.41) is 22.8. The Hall–Kier alpha value is -2.33. The molecule has 1 aliphatic rings. The van der Waals surface area contributed by atoms with Crippen molar-refractivity contribution in [3.05, 3.63) is 64.7 Å². The number of carbonyl (C=O) groups is 1. The van der Waals surface area contributed by atoms with E-state index in [1.54, 1.807) is 12.1 Å². The molecule has 0 fully saturated rings. The molecule has 0 aliphatic heterocycles. The molecule has 3 N–H and O–H groups in total. The van der Waals surface area contributed by atoms with Crippen LogP contribution in [0.2, 0.25) is 0 Å². The van der Waals surface area contributed by atoms with E-state index in [-0.39, 0.29) is 17.2 Å². The summed E-state index contributed by atoms with van der Waals surface area (Å²) in [5.74, 6) is -0.434. The topological polar surface area (TPSA) is 69.6 Å². The van der Waals surface area contributed by atoms with E-state index < -0.39 is 12.1 Å². The number of fused-ring (bicyclic) bond motifs is 1. The van der Waals surface area contributed by atoms with E-state index in [9.17, 15) is 15.0 Å². The lowest BCUT2D eigenvalue weighted by molar-refractivity contribution is 0.0855. The molecule has 108 valence electrons. The number of rotatable bonds is 2. The molecule has 0 heterocycles. The highest BCUT2D eigenvalue weighted by molar-refractivity contribution is 5.97. The van der Waals surface area contributed by atoms with Crippen LogP contribution in [0.25, 0.3) is 0 Å². The van der Waals surface area contributed by atoms with Gasteiger partial charge in [-0.2, -0.15) is 0 Å². The number of carbonyl (C=O) groups excluding carboxylic acids is 1. The normalized spacial score (nSPS) is 20.1. The maximum Gasteiger partial charge on any atom is 0.255 e. The van der Waals surface area contributed by atoms with Gasteiger partial charge in [0.15, 0.2) is 0 Å². The van der Waals surface area contributed by atoms with Crippen molar-refractivity contribution in [3.63, 3.8) is 0 Å². The minimum absolute atomic E-state index is 0.0566. The number of amides is 1. The van der Waals surface area contributed by atoms with Crippen molar-refractivity contribution in [2.75, 3.05) is 0 Å². The monoisotopic (exact) mass is 283 g/mol. The number of hydrogen-bond donors (Lipinski definition) is 3. The first-order valence-electron chi connectivity index (χ1n) is 6.92. The summed E-state index contributed by atoms with van der Waals surface area (Å²) in [6.45, 7) is 1.86. The van der Waals surface area contributed by atoms with Gasteiger partial charge >= 0.3 is 0 Å². The first-order chi connectivity index (χ1) is 10.1. The molecule has 0 saturated carbocycles. The van der Waals surface area contributed by atoms with Crippen LogP contribution in [0.5, 0.6) is 5.75 Å². The maximum absolute atomic E-state index is 12.3. The van der Waals surface area contributed by atoms with Crippen LogP contribution in [0.15, 0.2) is 42.5 Å². The zero-order valence-electron chi connectivity index (χ0n) is 11.7. The first kappa shape index (κ1) is 13.6. The predicted molar refractivity (Wildman–Crippen MR) is 79.2 cm³/mol. The van der Waals surface area contributed by atoms with Crippen LogP contribution >= 0.6 is 0 Å². The van der Waals surface area contributed by atoms with Crippen molar-refractivity contribution < 1.29 is 15.0 Å². The van der Waals surface area contributed by atoms with Crippen molar-refractivity contribution in [2.24, 2.45) is 0 Å². The fourth-order valence-electron chi connectivity index (χ4n) is 2.80. The van der Waals surface area contributed by atoms with Crippen molar-refractivity contribution in [3.8, 4) is 5.75 Å². The second kappa shape index (κ2) is 5.22. The van der Waals surface area contributed by atoms with Gasteiger partial charge in [0.1, 0.15) is 5.75 Å². The van der Waals surface area contributed by atoms with Crippen LogP contribution < -0.4 is 5.32 Å². The molecule has 21 heavy (non-hydrogen) atoms. The molecule has 2 atom stereocenters. The van der Waals surface area contributed by atoms with Crippen molar-refractivity contribution in [2.45, 2.75) is 25.5 Å². The van der Waals surface area contributed by atoms with E-state index in [1.165, 1.54) is 6.07 Å². The van der Waals surface area contributed by atoms with Gasteiger partial charge in [0.05, 0.1) is 17.7 Å². The lowest BCUT2D eigenvalue weighted by atomic mass is 10.1. The molecule has 4 heteroatoms. The van der Waals surface area contributed by atoms with Gasteiger partial charge in [-0.15, -0.1) is 0 Å². The van der Waals surface area contributed by atoms with Crippen LogP contribution in [0, 0.1) is 6.92 Å². The number of aliphatic hydroxyl groups is 1. The maximum atomic E-state index is 12.3. The second-order valence-electron chi connectivity index (χ2n) is 5.44. The summed E-state index contributed by atoms with van der Waals surface area (Å²) < 4.78 is 0. The van der Waals surface area contributed by atoms with Crippen LogP contribution in [-0.4, -0.2) is 22.2 Å². The molecule has 1 amide bonds. The third kappa shape index (κ3) is 2.50. The Morgan fingerprint density at radius 1 is 1.24 bits per heavy atom. The molecule has 0 unspecified atom stereocenters. The van der Waals surface area contributed by atoms with Crippen LogP contribution in [0.1, 0.15) is 33.1 Å².